The minimum Gasteiger partial charge on any atom is -0.393 e. The molecule has 0 atom stereocenters. The second-order valence-electron chi connectivity index (χ2n) is 6.74. The fraction of sp³-hybridized carbons (Fsp3) is 0.421. The molecule has 1 aliphatic carbocycles. The number of aryl methyl sites for hydroxylation is 1. The molecular weight excluding hydrogens is 328 g/mol. The third kappa shape index (κ3) is 3.48. The number of nitrogens with one attached hydrogen (secondary N) is 2. The Morgan fingerprint density at radius 2 is 1.88 bits per heavy atom. The molecule has 0 unspecified atom stereocenters. The molecule has 3 aromatic rings. The lowest BCUT2D eigenvalue weighted by Crippen LogP contribution is -2.29. The Hall–Kier alpha value is -2.67. The molecular formula is C19H24N6O. The molecule has 0 bridgehead atoms. The van der Waals surface area contributed by atoms with Crippen LogP contribution in [-0.4, -0.2) is 36.8 Å². The van der Waals surface area contributed by atoms with Gasteiger partial charge in [-0.15, -0.1) is 0 Å². The maximum absolute atomic E-state index is 9.70. The fourth-order valence-corrected chi connectivity index (χ4v) is 3.39. The number of hydrogen-bond donors (Lipinski definition) is 3. The van der Waals surface area contributed by atoms with E-state index in [0.29, 0.717) is 17.8 Å². The summed E-state index contributed by atoms with van der Waals surface area (Å²) in [6.45, 7) is 2.87. The molecule has 1 saturated carbocycles. The SMILES string of the molecule is CCn1cnc2c(Nc3ccccc3)nc(NC3CCC(O)CC3)nc21. The molecule has 7 nitrogen and oxygen atoms in total. The van der Waals surface area contributed by atoms with E-state index < -0.39 is 0 Å². The van der Waals surface area contributed by atoms with Crippen molar-refractivity contribution in [1.29, 1.82) is 0 Å². The number of aliphatic hydroxyl groups is 1. The first kappa shape index (κ1) is 16.8. The first-order valence-electron chi connectivity index (χ1n) is 9.22. The summed E-state index contributed by atoms with van der Waals surface area (Å²) in [4.78, 5) is 13.9. The highest BCUT2D eigenvalue weighted by Gasteiger charge is 2.21. The zero-order chi connectivity index (χ0) is 17.9. The van der Waals surface area contributed by atoms with Crippen LogP contribution in [0.1, 0.15) is 32.6 Å². The summed E-state index contributed by atoms with van der Waals surface area (Å²) in [7, 11) is 0. The van der Waals surface area contributed by atoms with Crippen molar-refractivity contribution in [3.05, 3.63) is 36.7 Å². The first-order valence-corrected chi connectivity index (χ1v) is 9.22. The van der Waals surface area contributed by atoms with E-state index in [2.05, 4.69) is 27.5 Å². The number of aromatic nitrogens is 4. The maximum Gasteiger partial charge on any atom is 0.227 e. The Balaban J connectivity index is 1.66. The Bertz CT molecular complexity index is 870. The van der Waals surface area contributed by atoms with Crippen LogP contribution in [0.2, 0.25) is 0 Å². The fourth-order valence-electron chi connectivity index (χ4n) is 3.39. The van der Waals surface area contributed by atoms with Crippen LogP contribution in [-0.2, 0) is 6.54 Å². The zero-order valence-electron chi connectivity index (χ0n) is 14.9. The van der Waals surface area contributed by atoms with Gasteiger partial charge in [0.2, 0.25) is 5.95 Å². The van der Waals surface area contributed by atoms with Gasteiger partial charge in [0, 0.05) is 18.3 Å². The number of para-hydroxylation sites is 1. The number of aliphatic hydroxyl groups excluding tert-OH is 1. The average Bonchev–Trinajstić information content (AvgIpc) is 3.08. The Morgan fingerprint density at radius 3 is 2.62 bits per heavy atom. The third-order valence-corrected chi connectivity index (χ3v) is 4.87. The largest absolute Gasteiger partial charge is 0.393 e. The number of fused-ring (bicyclic) bond motifs is 1. The van der Waals surface area contributed by atoms with Gasteiger partial charge in [0.05, 0.1) is 12.4 Å². The van der Waals surface area contributed by atoms with Gasteiger partial charge in [-0.3, -0.25) is 0 Å². The zero-order valence-corrected chi connectivity index (χ0v) is 14.9. The molecule has 4 rings (SSSR count). The summed E-state index contributed by atoms with van der Waals surface area (Å²) < 4.78 is 2.02. The molecule has 7 heteroatoms. The van der Waals surface area contributed by atoms with Crippen molar-refractivity contribution in [3.8, 4) is 0 Å². The summed E-state index contributed by atoms with van der Waals surface area (Å²) in [5.74, 6) is 1.30. The van der Waals surface area contributed by atoms with Crippen molar-refractivity contribution in [1.82, 2.24) is 19.5 Å². The van der Waals surface area contributed by atoms with Crippen LogP contribution in [0.3, 0.4) is 0 Å². The van der Waals surface area contributed by atoms with Gasteiger partial charge in [-0.2, -0.15) is 9.97 Å². The lowest BCUT2D eigenvalue weighted by molar-refractivity contribution is 0.126. The van der Waals surface area contributed by atoms with E-state index in [1.165, 1.54) is 0 Å². The predicted molar refractivity (Wildman–Crippen MR) is 103 cm³/mol. The van der Waals surface area contributed by atoms with Crippen molar-refractivity contribution in [3.63, 3.8) is 0 Å². The number of hydrogen-bond acceptors (Lipinski definition) is 6. The van der Waals surface area contributed by atoms with Crippen molar-refractivity contribution >= 4 is 28.6 Å². The normalized spacial score (nSPS) is 20.2. The summed E-state index contributed by atoms with van der Waals surface area (Å²) in [5, 5.41) is 16.5. The van der Waals surface area contributed by atoms with Gasteiger partial charge in [0.1, 0.15) is 0 Å². The molecule has 0 saturated heterocycles. The summed E-state index contributed by atoms with van der Waals surface area (Å²) in [6, 6.07) is 10.2. The monoisotopic (exact) mass is 352 g/mol. The molecule has 136 valence electrons. The Morgan fingerprint density at radius 1 is 1.12 bits per heavy atom. The number of nitrogens with zero attached hydrogens (tertiary/aromatic N) is 4. The molecule has 1 fully saturated rings. The van der Waals surface area contributed by atoms with Crippen LogP contribution in [0.4, 0.5) is 17.5 Å². The molecule has 2 aromatic heterocycles. The van der Waals surface area contributed by atoms with Gasteiger partial charge in [-0.1, -0.05) is 18.2 Å². The molecule has 3 N–H and O–H groups in total. The van der Waals surface area contributed by atoms with E-state index in [0.717, 1.165) is 49.1 Å². The van der Waals surface area contributed by atoms with Gasteiger partial charge < -0.3 is 20.3 Å². The molecule has 0 amide bonds. The molecule has 0 aliphatic heterocycles. The van der Waals surface area contributed by atoms with Crippen LogP contribution in [0.25, 0.3) is 11.2 Å². The lowest BCUT2D eigenvalue weighted by atomic mass is 9.93. The van der Waals surface area contributed by atoms with Crippen LogP contribution in [0.5, 0.6) is 0 Å². The van der Waals surface area contributed by atoms with Gasteiger partial charge in [0.25, 0.3) is 0 Å². The maximum atomic E-state index is 9.70. The van der Waals surface area contributed by atoms with Crippen molar-refractivity contribution in [2.45, 2.75) is 51.3 Å². The Labute approximate surface area is 152 Å². The minimum absolute atomic E-state index is 0.173. The van der Waals surface area contributed by atoms with Crippen LogP contribution >= 0.6 is 0 Å². The first-order chi connectivity index (χ1) is 12.7. The van der Waals surface area contributed by atoms with E-state index in [-0.39, 0.29) is 6.10 Å². The van der Waals surface area contributed by atoms with Crippen molar-refractivity contribution < 1.29 is 5.11 Å². The van der Waals surface area contributed by atoms with Gasteiger partial charge >= 0.3 is 0 Å². The Kier molecular flexibility index (Phi) is 4.71. The van der Waals surface area contributed by atoms with E-state index in [4.69, 9.17) is 4.98 Å². The summed E-state index contributed by atoms with van der Waals surface area (Å²) in [6.07, 6.45) is 5.13. The highest BCUT2D eigenvalue weighted by Crippen LogP contribution is 2.26. The lowest BCUT2D eigenvalue weighted by Gasteiger charge is -2.26. The number of anilines is 3. The van der Waals surface area contributed by atoms with Gasteiger partial charge in [-0.25, -0.2) is 4.98 Å². The quantitative estimate of drug-likeness (QED) is 0.653. The van der Waals surface area contributed by atoms with Crippen molar-refractivity contribution in [2.75, 3.05) is 10.6 Å². The molecule has 26 heavy (non-hydrogen) atoms. The van der Waals surface area contributed by atoms with E-state index >= 15 is 0 Å². The highest BCUT2D eigenvalue weighted by molar-refractivity contribution is 5.86. The van der Waals surface area contributed by atoms with E-state index in [9.17, 15) is 5.11 Å². The average molecular weight is 352 g/mol. The smallest absolute Gasteiger partial charge is 0.227 e. The van der Waals surface area contributed by atoms with Gasteiger partial charge in [-0.05, 0) is 44.7 Å². The van der Waals surface area contributed by atoms with Crippen molar-refractivity contribution in [2.24, 2.45) is 0 Å². The second-order valence-corrected chi connectivity index (χ2v) is 6.74. The van der Waals surface area contributed by atoms with Crippen LogP contribution in [0, 0.1) is 0 Å². The highest BCUT2D eigenvalue weighted by atomic mass is 16.3. The number of benzene rings is 1. The molecule has 1 aliphatic rings. The third-order valence-electron chi connectivity index (χ3n) is 4.87. The predicted octanol–water partition coefficient (Wildman–Crippen LogP) is 3.31. The molecule has 1 aromatic carbocycles. The summed E-state index contributed by atoms with van der Waals surface area (Å²) >= 11 is 0. The number of rotatable bonds is 5. The topological polar surface area (TPSA) is 87.9 Å². The minimum atomic E-state index is -0.173. The van der Waals surface area contributed by atoms with E-state index in [1.54, 1.807) is 6.33 Å². The standard InChI is InChI=1S/C19H24N6O/c1-2-25-12-20-16-17(21-13-6-4-3-5-7-13)23-19(24-18(16)25)22-14-8-10-15(26)11-9-14/h3-7,12,14-15,26H,2,8-11H2,1H3,(H2,21,22,23,24). The summed E-state index contributed by atoms with van der Waals surface area (Å²) in [5.41, 5.74) is 2.55. The van der Waals surface area contributed by atoms with Crippen LogP contribution in [0.15, 0.2) is 36.7 Å². The molecule has 2 heterocycles. The van der Waals surface area contributed by atoms with Crippen LogP contribution < -0.4 is 10.6 Å². The molecule has 0 spiro atoms. The van der Waals surface area contributed by atoms with Gasteiger partial charge in [0.15, 0.2) is 17.0 Å². The second kappa shape index (κ2) is 7.29. The molecule has 0 radical (unpaired) electrons. The number of imidazole rings is 1. The van der Waals surface area contributed by atoms with E-state index in [1.807, 2.05) is 34.9 Å².